The zero-order chi connectivity index (χ0) is 33.0. The maximum absolute atomic E-state index is 13.5. The van der Waals surface area contributed by atoms with Gasteiger partial charge in [-0.2, -0.15) is 0 Å². The largest absolute Gasteiger partial charge is 0.493 e. The molecular formula is C35H35N3O7S. The van der Waals surface area contributed by atoms with Crippen molar-refractivity contribution >= 4 is 43.5 Å². The number of hydrogen-bond donors (Lipinski definition) is 2. The van der Waals surface area contributed by atoms with Gasteiger partial charge in [0.1, 0.15) is 5.75 Å². The van der Waals surface area contributed by atoms with Crippen molar-refractivity contribution in [3.05, 3.63) is 99.5 Å². The standard InChI is InChI=1S/C35H35N3O7S/c1-20-17-26-24(10-12-28(39)38(26)19-21-7-6-8-23(18-21)37-46(5,42)43)31(29(20)33(34(40)41)45-35(2,3)4)25-9-11-27-30-22(14-16-44-27)13-15-36-32(25)30/h6-13,15,17-18,33,37H,14,16,19H2,1-5H3,(H,40,41)/t33-/m0/s1. The van der Waals surface area contributed by atoms with Crippen molar-refractivity contribution in [2.45, 2.75) is 52.4 Å². The topological polar surface area (TPSA) is 137 Å². The summed E-state index contributed by atoms with van der Waals surface area (Å²) >= 11 is 0. The number of nitrogens with zero attached hydrogens (tertiary/aromatic N) is 2. The van der Waals surface area contributed by atoms with Crippen molar-refractivity contribution in [1.82, 2.24) is 9.55 Å². The molecule has 3 aromatic carbocycles. The minimum Gasteiger partial charge on any atom is -0.493 e. The number of carboxylic acids is 1. The third kappa shape index (κ3) is 6.08. The van der Waals surface area contributed by atoms with Crippen molar-refractivity contribution in [1.29, 1.82) is 0 Å². The zero-order valence-electron chi connectivity index (χ0n) is 26.2. The van der Waals surface area contributed by atoms with E-state index in [1.165, 1.54) is 6.07 Å². The predicted molar refractivity (Wildman–Crippen MR) is 178 cm³/mol. The second-order valence-electron chi connectivity index (χ2n) is 12.6. The molecule has 0 aliphatic carbocycles. The van der Waals surface area contributed by atoms with E-state index in [4.69, 9.17) is 14.5 Å². The molecule has 0 radical (unpaired) electrons. The SMILES string of the molecule is Cc1cc2c(ccc(=O)n2Cc2cccc(NS(C)(=O)=O)c2)c(-c2ccc3c4c(ccnc24)CCO3)c1[C@H](OC(C)(C)C)C(=O)O. The van der Waals surface area contributed by atoms with Crippen molar-refractivity contribution in [3.63, 3.8) is 0 Å². The predicted octanol–water partition coefficient (Wildman–Crippen LogP) is 5.82. The molecule has 1 atom stereocenters. The molecule has 1 aliphatic heterocycles. The normalized spacial score (nSPS) is 13.8. The fraction of sp³-hybridized carbons (Fsp3) is 0.286. The molecule has 0 spiro atoms. The molecule has 6 rings (SSSR count). The summed E-state index contributed by atoms with van der Waals surface area (Å²) in [5, 5.41) is 12.1. The number of sulfonamides is 1. The molecule has 238 valence electrons. The summed E-state index contributed by atoms with van der Waals surface area (Å²) < 4.78 is 40.0. The number of aromatic nitrogens is 2. The average molecular weight is 642 g/mol. The molecule has 1 aliphatic rings. The summed E-state index contributed by atoms with van der Waals surface area (Å²) in [7, 11) is -3.50. The highest BCUT2D eigenvalue weighted by Gasteiger charge is 2.33. The van der Waals surface area contributed by atoms with Gasteiger partial charge in [-0.1, -0.05) is 12.1 Å². The van der Waals surface area contributed by atoms with Gasteiger partial charge in [0.05, 0.1) is 36.0 Å². The molecule has 46 heavy (non-hydrogen) atoms. The van der Waals surface area contributed by atoms with E-state index >= 15 is 0 Å². The van der Waals surface area contributed by atoms with E-state index in [1.807, 2.05) is 58.0 Å². The van der Waals surface area contributed by atoms with Gasteiger partial charge in [0.2, 0.25) is 10.0 Å². The van der Waals surface area contributed by atoms with Crippen molar-refractivity contribution < 1.29 is 27.8 Å². The number of carboxylic acid groups (broad SMARTS) is 1. The smallest absolute Gasteiger partial charge is 0.337 e. The van der Waals surface area contributed by atoms with Crippen LogP contribution in [-0.4, -0.2) is 47.5 Å². The Morgan fingerprint density at radius 2 is 1.91 bits per heavy atom. The van der Waals surface area contributed by atoms with E-state index < -0.39 is 27.7 Å². The molecule has 5 aromatic rings. The minimum atomic E-state index is -3.50. The molecule has 0 unspecified atom stereocenters. The van der Waals surface area contributed by atoms with E-state index in [0.29, 0.717) is 68.7 Å². The number of benzene rings is 3. The Labute approximate surface area is 266 Å². The van der Waals surface area contributed by atoms with Crippen LogP contribution in [0.3, 0.4) is 0 Å². The van der Waals surface area contributed by atoms with Crippen LogP contribution in [0.5, 0.6) is 5.75 Å². The molecule has 2 aromatic heterocycles. The molecule has 3 heterocycles. The first-order valence-corrected chi connectivity index (χ1v) is 16.8. The van der Waals surface area contributed by atoms with Crippen molar-refractivity contribution in [2.75, 3.05) is 17.6 Å². The molecule has 0 saturated carbocycles. The lowest BCUT2D eigenvalue weighted by Gasteiger charge is -2.29. The Morgan fingerprint density at radius 3 is 2.63 bits per heavy atom. The third-order valence-electron chi connectivity index (χ3n) is 7.91. The lowest BCUT2D eigenvalue weighted by Crippen LogP contribution is -2.28. The summed E-state index contributed by atoms with van der Waals surface area (Å²) in [6.45, 7) is 7.95. The van der Waals surface area contributed by atoms with Crippen LogP contribution in [0, 0.1) is 6.92 Å². The summed E-state index contributed by atoms with van der Waals surface area (Å²) in [5.74, 6) is -0.423. The number of aryl methyl sites for hydroxylation is 1. The number of ether oxygens (including phenoxy) is 2. The molecule has 0 amide bonds. The first kappa shape index (κ1) is 31.3. The average Bonchev–Trinajstić information content (AvgIpc) is 2.97. The van der Waals surface area contributed by atoms with Crippen LogP contribution in [0.15, 0.2) is 71.7 Å². The summed E-state index contributed by atoms with van der Waals surface area (Å²) in [5.41, 5.74) is 4.78. The number of pyridine rings is 2. The van der Waals surface area contributed by atoms with E-state index in [9.17, 15) is 23.1 Å². The van der Waals surface area contributed by atoms with Gasteiger partial charge in [-0.25, -0.2) is 13.2 Å². The first-order valence-electron chi connectivity index (χ1n) is 14.9. The number of rotatable bonds is 8. The minimum absolute atomic E-state index is 0.143. The van der Waals surface area contributed by atoms with Crippen molar-refractivity contribution in [3.8, 4) is 16.9 Å². The first-order chi connectivity index (χ1) is 21.7. The fourth-order valence-electron chi connectivity index (χ4n) is 6.20. The van der Waals surface area contributed by atoms with Crippen molar-refractivity contribution in [2.24, 2.45) is 0 Å². The Morgan fingerprint density at radius 1 is 1.13 bits per heavy atom. The zero-order valence-corrected chi connectivity index (χ0v) is 27.1. The van der Waals surface area contributed by atoms with Gasteiger partial charge in [-0.05, 0) is 92.4 Å². The number of fused-ring (bicyclic) bond motifs is 1. The molecule has 0 bridgehead atoms. The van der Waals surface area contributed by atoms with Crippen LogP contribution in [-0.2, 0) is 32.5 Å². The van der Waals surface area contributed by atoms with Gasteiger partial charge in [0.25, 0.3) is 5.56 Å². The highest BCUT2D eigenvalue weighted by atomic mass is 32.2. The molecule has 11 heteroatoms. The van der Waals surface area contributed by atoms with E-state index in [1.54, 1.807) is 35.0 Å². The van der Waals surface area contributed by atoms with Gasteiger partial charge in [0, 0.05) is 46.3 Å². The summed E-state index contributed by atoms with van der Waals surface area (Å²) in [6, 6.07) is 17.6. The Hall–Kier alpha value is -4.74. The second-order valence-corrected chi connectivity index (χ2v) is 14.3. The van der Waals surface area contributed by atoms with Crippen LogP contribution >= 0.6 is 0 Å². The van der Waals surface area contributed by atoms with E-state index in [-0.39, 0.29) is 12.1 Å². The van der Waals surface area contributed by atoms with Gasteiger partial charge < -0.3 is 19.1 Å². The summed E-state index contributed by atoms with van der Waals surface area (Å²) in [4.78, 5) is 31.2. The molecule has 0 saturated heterocycles. The lowest BCUT2D eigenvalue weighted by atomic mass is 9.86. The Balaban J connectivity index is 1.66. The number of hydrogen-bond acceptors (Lipinski definition) is 7. The molecule has 0 fully saturated rings. The van der Waals surface area contributed by atoms with Crippen LogP contribution in [0.2, 0.25) is 0 Å². The van der Waals surface area contributed by atoms with Gasteiger partial charge in [-0.15, -0.1) is 0 Å². The summed E-state index contributed by atoms with van der Waals surface area (Å²) in [6.07, 6.45) is 2.23. The van der Waals surface area contributed by atoms with Gasteiger partial charge in [-0.3, -0.25) is 14.5 Å². The third-order valence-corrected chi connectivity index (χ3v) is 8.52. The van der Waals surface area contributed by atoms with Gasteiger partial charge in [0.15, 0.2) is 6.10 Å². The second kappa shape index (κ2) is 11.6. The maximum Gasteiger partial charge on any atom is 0.337 e. The monoisotopic (exact) mass is 641 g/mol. The number of carbonyl (C=O) groups is 1. The maximum atomic E-state index is 13.5. The molecular weight excluding hydrogens is 606 g/mol. The molecule has 2 N–H and O–H groups in total. The van der Waals surface area contributed by atoms with E-state index in [2.05, 4.69) is 4.72 Å². The number of aliphatic carboxylic acids is 1. The van der Waals surface area contributed by atoms with Gasteiger partial charge >= 0.3 is 5.97 Å². The quantitative estimate of drug-likeness (QED) is 0.216. The number of anilines is 1. The fourth-order valence-corrected chi connectivity index (χ4v) is 6.75. The Bertz CT molecular complexity index is 2190. The van der Waals surface area contributed by atoms with E-state index in [0.717, 1.165) is 17.2 Å². The Kier molecular flexibility index (Phi) is 7.86. The lowest BCUT2D eigenvalue weighted by molar-refractivity contribution is -0.160. The highest BCUT2D eigenvalue weighted by molar-refractivity contribution is 7.92. The van der Waals surface area contributed by atoms with Crippen LogP contribution in [0.25, 0.3) is 32.9 Å². The number of nitrogens with one attached hydrogen (secondary N) is 1. The van der Waals surface area contributed by atoms with Crippen LogP contribution in [0.1, 0.15) is 49.1 Å². The highest BCUT2D eigenvalue weighted by Crippen LogP contribution is 2.45. The van der Waals surface area contributed by atoms with Crippen LogP contribution in [0.4, 0.5) is 5.69 Å². The van der Waals surface area contributed by atoms with Crippen LogP contribution < -0.4 is 15.0 Å². The molecule has 10 nitrogen and oxygen atoms in total.